The normalized spacial score (nSPS) is 45.3. The Labute approximate surface area is 324 Å². The lowest BCUT2D eigenvalue weighted by atomic mass is 9.77. The molecule has 0 unspecified atom stereocenters. The molecule has 0 radical (unpaired) electrons. The van der Waals surface area contributed by atoms with Crippen molar-refractivity contribution in [3.05, 3.63) is 36.5 Å². The van der Waals surface area contributed by atoms with E-state index in [1.807, 2.05) is 32.1 Å². The first-order chi connectivity index (χ1) is 25.3. The standard InChI is InChI=1S/C44H72O10/c1-11-34-16-14-12-13-15-26(3)39(47)30(7)41(49)32(9)43(51)33(10)42(50)31(8)40(48)27(4)17-20-38(46)52-37-24-44(53-35(19-18-34)29(37)6)22-21-25(2)36(54-44)23-28(5)45/h12-14,16-17,20,25-37,39-40,43,45,47-48,51H,11,15,18-19,21-24H2,1-10H3/b13-12+,16-14+,20-17+/t25-,26+,27-,28+,29+,30-,31-,32+,33-,34-,35-,36-,37-,39-,40+,43-,44-/m0/s1. The van der Waals surface area contributed by atoms with Gasteiger partial charge in [0.2, 0.25) is 0 Å². The summed E-state index contributed by atoms with van der Waals surface area (Å²) in [5.74, 6) is -6.12. The monoisotopic (exact) mass is 761 g/mol. The summed E-state index contributed by atoms with van der Waals surface area (Å²) in [7, 11) is 0. The van der Waals surface area contributed by atoms with E-state index in [1.165, 1.54) is 6.08 Å². The second kappa shape index (κ2) is 20.8. The van der Waals surface area contributed by atoms with E-state index in [9.17, 15) is 34.8 Å². The van der Waals surface area contributed by atoms with E-state index in [4.69, 9.17) is 14.2 Å². The molecule has 3 aliphatic rings. The van der Waals surface area contributed by atoms with Gasteiger partial charge in [-0.3, -0.25) is 9.59 Å². The summed E-state index contributed by atoms with van der Waals surface area (Å²) >= 11 is 0. The minimum Gasteiger partial charge on any atom is -0.459 e. The van der Waals surface area contributed by atoms with Gasteiger partial charge in [-0.1, -0.05) is 92.7 Å². The van der Waals surface area contributed by atoms with Gasteiger partial charge in [0.25, 0.3) is 0 Å². The summed E-state index contributed by atoms with van der Waals surface area (Å²) in [5.41, 5.74) is 0. The van der Waals surface area contributed by atoms with Crippen molar-refractivity contribution in [3.63, 3.8) is 0 Å². The van der Waals surface area contributed by atoms with Crippen LogP contribution < -0.4 is 0 Å². The van der Waals surface area contributed by atoms with Crippen LogP contribution in [0.2, 0.25) is 0 Å². The number of hydrogen-bond acceptors (Lipinski definition) is 10. The molecule has 0 aliphatic carbocycles. The van der Waals surface area contributed by atoms with Gasteiger partial charge in [-0.05, 0) is 63.2 Å². The van der Waals surface area contributed by atoms with Crippen molar-refractivity contribution in [2.45, 2.75) is 169 Å². The van der Waals surface area contributed by atoms with E-state index in [0.29, 0.717) is 25.7 Å². The lowest BCUT2D eigenvalue weighted by molar-refractivity contribution is -0.347. The molecule has 0 aromatic rings. The van der Waals surface area contributed by atoms with Gasteiger partial charge in [0.15, 0.2) is 5.79 Å². The third-order valence-electron chi connectivity index (χ3n) is 12.9. The molecular formula is C44H72O10. The van der Waals surface area contributed by atoms with E-state index >= 15 is 0 Å². The van der Waals surface area contributed by atoms with Crippen LogP contribution in [0.15, 0.2) is 36.5 Å². The maximum Gasteiger partial charge on any atom is 0.330 e. The Balaban J connectivity index is 1.93. The highest BCUT2D eigenvalue weighted by Crippen LogP contribution is 2.46. The summed E-state index contributed by atoms with van der Waals surface area (Å²) in [6, 6.07) is 0. The van der Waals surface area contributed by atoms with Crippen LogP contribution in [-0.4, -0.2) is 86.5 Å². The molecule has 4 N–H and O–H groups in total. The molecule has 0 saturated carbocycles. The SMILES string of the molecule is CC[C@H]1/C=C/C=C/C[C@@H](C)[C@H](O)[C@H](C)C(=O)[C@@H](C)[C@H](O)[C@@H](C)C(=O)[C@@H](C)[C@H](O)[C@@H](C)/C=C/C(=O)O[C@H]2C[C@@]3(CC[C@H](C)[C@H](C[C@@H](C)O)O3)O[C@@H](CC1)[C@H]2C. The summed E-state index contributed by atoms with van der Waals surface area (Å²) in [5, 5.41) is 43.6. The molecule has 10 heteroatoms. The molecule has 2 fully saturated rings. The Morgan fingerprint density at radius 2 is 1.37 bits per heavy atom. The van der Waals surface area contributed by atoms with Gasteiger partial charge < -0.3 is 34.6 Å². The average molecular weight is 761 g/mol. The van der Waals surface area contributed by atoms with Crippen LogP contribution in [0.3, 0.4) is 0 Å². The van der Waals surface area contributed by atoms with E-state index < -0.39 is 77.6 Å². The topological polar surface area (TPSA) is 160 Å². The fraction of sp³-hybridized carbons (Fsp3) is 0.795. The number of esters is 1. The smallest absolute Gasteiger partial charge is 0.330 e. The molecular weight excluding hydrogens is 688 g/mol. The van der Waals surface area contributed by atoms with E-state index in [2.05, 4.69) is 19.9 Å². The molecule has 2 saturated heterocycles. The van der Waals surface area contributed by atoms with Crippen molar-refractivity contribution in [1.82, 2.24) is 0 Å². The van der Waals surface area contributed by atoms with Gasteiger partial charge >= 0.3 is 5.97 Å². The zero-order chi connectivity index (χ0) is 40.5. The number of Topliss-reactive ketones (excluding diaryl/α,β-unsaturated/α-hetero) is 2. The maximum atomic E-state index is 13.5. The fourth-order valence-electron chi connectivity index (χ4n) is 8.54. The molecule has 3 aliphatic heterocycles. The van der Waals surface area contributed by atoms with Gasteiger partial charge in [0.1, 0.15) is 17.7 Å². The third kappa shape index (κ3) is 12.1. The number of aliphatic hydroxyl groups excluding tert-OH is 4. The quantitative estimate of drug-likeness (QED) is 0.233. The Bertz CT molecular complexity index is 1310. The molecule has 0 aromatic carbocycles. The summed E-state index contributed by atoms with van der Waals surface area (Å²) in [6.07, 6.45) is 11.6. The molecule has 54 heavy (non-hydrogen) atoms. The zero-order valence-corrected chi connectivity index (χ0v) is 34.6. The number of rotatable bonds is 3. The minimum absolute atomic E-state index is 0.121. The summed E-state index contributed by atoms with van der Waals surface area (Å²) in [4.78, 5) is 40.2. The molecule has 308 valence electrons. The average Bonchev–Trinajstić information content (AvgIpc) is 3.14. The van der Waals surface area contributed by atoms with Gasteiger partial charge in [-0.15, -0.1) is 0 Å². The number of ketones is 2. The largest absolute Gasteiger partial charge is 0.459 e. The van der Waals surface area contributed by atoms with Crippen LogP contribution in [0.4, 0.5) is 0 Å². The summed E-state index contributed by atoms with van der Waals surface area (Å²) in [6.45, 7) is 18.1. The van der Waals surface area contributed by atoms with Crippen LogP contribution in [-0.2, 0) is 28.6 Å². The summed E-state index contributed by atoms with van der Waals surface area (Å²) < 4.78 is 19.7. The van der Waals surface area contributed by atoms with Crippen molar-refractivity contribution in [2.24, 2.45) is 53.3 Å². The van der Waals surface area contributed by atoms with Gasteiger partial charge in [-0.2, -0.15) is 0 Å². The van der Waals surface area contributed by atoms with Crippen LogP contribution in [0.25, 0.3) is 0 Å². The minimum atomic E-state index is -1.30. The zero-order valence-electron chi connectivity index (χ0n) is 34.6. The van der Waals surface area contributed by atoms with Crippen molar-refractivity contribution in [3.8, 4) is 0 Å². The van der Waals surface area contributed by atoms with Crippen molar-refractivity contribution >= 4 is 17.5 Å². The molecule has 2 bridgehead atoms. The second-order valence-corrected chi connectivity index (χ2v) is 17.3. The third-order valence-corrected chi connectivity index (χ3v) is 12.9. The highest BCUT2D eigenvalue weighted by molar-refractivity contribution is 5.87. The Morgan fingerprint density at radius 3 is 1.98 bits per heavy atom. The predicted octanol–water partition coefficient (Wildman–Crippen LogP) is 6.52. The number of allylic oxidation sites excluding steroid dienone is 4. The van der Waals surface area contributed by atoms with E-state index in [1.54, 1.807) is 47.6 Å². The Kier molecular flexibility index (Phi) is 17.8. The van der Waals surface area contributed by atoms with Crippen LogP contribution in [0.5, 0.6) is 0 Å². The van der Waals surface area contributed by atoms with E-state index in [-0.39, 0.29) is 41.7 Å². The number of fused-ring (bicyclic) bond motifs is 2. The van der Waals surface area contributed by atoms with Crippen LogP contribution >= 0.6 is 0 Å². The molecule has 3 rings (SSSR count). The predicted molar refractivity (Wildman–Crippen MR) is 209 cm³/mol. The number of carbonyl (C=O) groups excluding carboxylic acids is 3. The van der Waals surface area contributed by atoms with Gasteiger partial charge in [-0.25, -0.2) is 4.79 Å². The number of carbonyl (C=O) groups is 3. The molecule has 17 atom stereocenters. The lowest BCUT2D eigenvalue weighted by Crippen LogP contribution is -2.57. The molecule has 1 spiro atoms. The van der Waals surface area contributed by atoms with Crippen molar-refractivity contribution < 1.29 is 49.0 Å². The second-order valence-electron chi connectivity index (χ2n) is 17.3. The number of hydrogen-bond donors (Lipinski definition) is 4. The highest BCUT2D eigenvalue weighted by atomic mass is 16.7. The Hall–Kier alpha value is -2.21. The Morgan fingerprint density at radius 1 is 0.759 bits per heavy atom. The first kappa shape index (κ1) is 46.2. The maximum absolute atomic E-state index is 13.5. The molecule has 10 nitrogen and oxygen atoms in total. The lowest BCUT2D eigenvalue weighted by Gasteiger charge is -2.52. The van der Waals surface area contributed by atoms with E-state index in [0.717, 1.165) is 25.7 Å². The highest BCUT2D eigenvalue weighted by Gasteiger charge is 2.51. The number of ether oxygens (including phenoxy) is 3. The fourth-order valence-corrected chi connectivity index (χ4v) is 8.54. The molecule has 0 amide bonds. The molecule has 3 heterocycles. The van der Waals surface area contributed by atoms with Crippen molar-refractivity contribution in [1.29, 1.82) is 0 Å². The number of aliphatic hydroxyl groups is 4. The first-order valence-electron chi connectivity index (χ1n) is 20.7. The van der Waals surface area contributed by atoms with Crippen molar-refractivity contribution in [2.75, 3.05) is 0 Å². The molecule has 0 aromatic heterocycles. The van der Waals surface area contributed by atoms with Crippen LogP contribution in [0, 0.1) is 53.3 Å². The van der Waals surface area contributed by atoms with Gasteiger partial charge in [0.05, 0.1) is 36.6 Å². The van der Waals surface area contributed by atoms with Crippen LogP contribution in [0.1, 0.15) is 121 Å². The van der Waals surface area contributed by atoms with Gasteiger partial charge in [0, 0.05) is 54.4 Å². The first-order valence-corrected chi connectivity index (χ1v) is 20.7.